The summed E-state index contributed by atoms with van der Waals surface area (Å²) in [4.78, 5) is 24.6. The van der Waals surface area contributed by atoms with Crippen molar-refractivity contribution in [1.82, 2.24) is 4.90 Å². The molecule has 5 heteroatoms. The molecule has 1 aromatic rings. The molecule has 1 saturated heterocycles. The van der Waals surface area contributed by atoms with Gasteiger partial charge in [0.1, 0.15) is 6.61 Å². The smallest absolute Gasteiger partial charge is 0.410 e. The van der Waals surface area contributed by atoms with Crippen molar-refractivity contribution in [3.8, 4) is 0 Å². The first-order valence-electron chi connectivity index (χ1n) is 6.58. The van der Waals surface area contributed by atoms with E-state index in [2.05, 4.69) is 0 Å². The molecule has 1 aromatic carbocycles. The number of carboxylic acid groups (broad SMARTS) is 1. The van der Waals surface area contributed by atoms with E-state index >= 15 is 0 Å². The Morgan fingerprint density at radius 3 is 2.55 bits per heavy atom. The number of hydrogen-bond acceptors (Lipinski definition) is 3. The first kappa shape index (κ1) is 14.4. The summed E-state index contributed by atoms with van der Waals surface area (Å²) in [5.74, 6) is -1.42. The number of amides is 1. The van der Waals surface area contributed by atoms with Crippen LogP contribution in [0.25, 0.3) is 0 Å². The summed E-state index contributed by atoms with van der Waals surface area (Å²) in [7, 11) is 0. The minimum Gasteiger partial charge on any atom is -0.481 e. The van der Waals surface area contributed by atoms with Crippen LogP contribution in [0.4, 0.5) is 4.79 Å². The number of carbonyl (C=O) groups excluding carboxylic acids is 1. The largest absolute Gasteiger partial charge is 0.481 e. The number of hydrogen-bond donors (Lipinski definition) is 1. The third-order valence-corrected chi connectivity index (χ3v) is 3.71. The van der Waals surface area contributed by atoms with Gasteiger partial charge in [-0.2, -0.15) is 0 Å². The number of carboxylic acids is 1. The van der Waals surface area contributed by atoms with Gasteiger partial charge in [-0.05, 0) is 11.0 Å². The Morgan fingerprint density at radius 2 is 2.00 bits per heavy atom. The molecule has 1 atom stereocenters. The molecule has 1 N–H and O–H groups in total. The summed E-state index contributed by atoms with van der Waals surface area (Å²) >= 11 is 0. The van der Waals surface area contributed by atoms with E-state index in [1.165, 1.54) is 4.90 Å². The van der Waals surface area contributed by atoms with Crippen molar-refractivity contribution in [2.45, 2.75) is 20.5 Å². The van der Waals surface area contributed by atoms with Crippen LogP contribution in [0.2, 0.25) is 0 Å². The number of rotatable bonds is 3. The second-order valence-corrected chi connectivity index (χ2v) is 5.80. The van der Waals surface area contributed by atoms with E-state index in [-0.39, 0.29) is 13.2 Å². The summed E-state index contributed by atoms with van der Waals surface area (Å²) in [6.45, 7) is 4.52. The van der Waals surface area contributed by atoms with E-state index in [0.29, 0.717) is 6.54 Å². The lowest BCUT2D eigenvalue weighted by atomic mass is 9.82. The molecule has 108 valence electrons. The van der Waals surface area contributed by atoms with E-state index in [0.717, 1.165) is 5.56 Å². The molecule has 1 aliphatic heterocycles. The quantitative estimate of drug-likeness (QED) is 0.921. The fraction of sp³-hybridized carbons (Fsp3) is 0.467. The fourth-order valence-electron chi connectivity index (χ4n) is 2.50. The number of benzene rings is 1. The number of aliphatic carboxylic acids is 1. The average molecular weight is 277 g/mol. The first-order valence-corrected chi connectivity index (χ1v) is 6.58. The molecule has 0 bridgehead atoms. The molecular formula is C15H19NO4. The Kier molecular flexibility index (Phi) is 3.97. The zero-order chi connectivity index (χ0) is 14.8. The Hall–Kier alpha value is -2.04. The lowest BCUT2D eigenvalue weighted by Crippen LogP contribution is -2.30. The van der Waals surface area contributed by atoms with E-state index in [1.807, 2.05) is 44.2 Å². The van der Waals surface area contributed by atoms with Crippen LogP contribution >= 0.6 is 0 Å². The van der Waals surface area contributed by atoms with Gasteiger partial charge in [0.25, 0.3) is 0 Å². The Morgan fingerprint density at radius 1 is 1.35 bits per heavy atom. The zero-order valence-corrected chi connectivity index (χ0v) is 11.7. The Balaban J connectivity index is 1.93. The molecule has 1 amide bonds. The normalized spacial score (nSPS) is 20.7. The zero-order valence-electron chi connectivity index (χ0n) is 11.7. The van der Waals surface area contributed by atoms with Crippen molar-refractivity contribution in [1.29, 1.82) is 0 Å². The minimum absolute atomic E-state index is 0.203. The van der Waals surface area contributed by atoms with Crippen molar-refractivity contribution in [3.05, 3.63) is 35.9 Å². The van der Waals surface area contributed by atoms with Gasteiger partial charge in [-0.15, -0.1) is 0 Å². The number of ether oxygens (including phenoxy) is 1. The third kappa shape index (κ3) is 3.10. The third-order valence-electron chi connectivity index (χ3n) is 3.71. The monoisotopic (exact) mass is 277 g/mol. The van der Waals surface area contributed by atoms with Crippen LogP contribution in [0.3, 0.4) is 0 Å². The molecule has 2 rings (SSSR count). The average Bonchev–Trinajstić information content (AvgIpc) is 2.73. The highest BCUT2D eigenvalue weighted by atomic mass is 16.6. The summed E-state index contributed by atoms with van der Waals surface area (Å²) in [6.07, 6.45) is -0.453. The van der Waals surface area contributed by atoms with Crippen LogP contribution in [-0.2, 0) is 16.1 Å². The second kappa shape index (κ2) is 5.53. The van der Waals surface area contributed by atoms with Crippen LogP contribution < -0.4 is 0 Å². The van der Waals surface area contributed by atoms with E-state index in [4.69, 9.17) is 4.74 Å². The standard InChI is InChI=1S/C15H19NO4/c1-15(2)10-16(8-12(15)13(17)18)14(19)20-9-11-6-4-3-5-7-11/h3-7,12H,8-10H2,1-2H3,(H,17,18)/t12-/m1/s1. The van der Waals surface area contributed by atoms with Crippen molar-refractivity contribution in [3.63, 3.8) is 0 Å². The molecule has 1 fully saturated rings. The Labute approximate surface area is 118 Å². The highest BCUT2D eigenvalue weighted by molar-refractivity contribution is 5.75. The molecule has 0 radical (unpaired) electrons. The van der Waals surface area contributed by atoms with Crippen LogP contribution in [0.15, 0.2) is 30.3 Å². The van der Waals surface area contributed by atoms with Crippen LogP contribution in [0.1, 0.15) is 19.4 Å². The molecule has 20 heavy (non-hydrogen) atoms. The molecule has 1 heterocycles. The van der Waals surface area contributed by atoms with Crippen molar-refractivity contribution < 1.29 is 19.4 Å². The van der Waals surface area contributed by atoms with Crippen LogP contribution in [0, 0.1) is 11.3 Å². The molecule has 5 nitrogen and oxygen atoms in total. The van der Waals surface area contributed by atoms with Gasteiger partial charge < -0.3 is 14.7 Å². The molecule has 1 aliphatic rings. The maximum Gasteiger partial charge on any atom is 0.410 e. The minimum atomic E-state index is -0.867. The predicted octanol–water partition coefficient (Wildman–Crippen LogP) is 2.37. The van der Waals surface area contributed by atoms with Gasteiger partial charge >= 0.3 is 12.1 Å². The van der Waals surface area contributed by atoms with Gasteiger partial charge in [0.15, 0.2) is 0 Å². The molecule has 0 unspecified atom stereocenters. The van der Waals surface area contributed by atoms with E-state index in [1.54, 1.807) is 0 Å². The van der Waals surface area contributed by atoms with E-state index in [9.17, 15) is 14.7 Å². The molecule has 0 aromatic heterocycles. The summed E-state index contributed by atoms with van der Waals surface area (Å²) in [5, 5.41) is 9.18. The van der Waals surface area contributed by atoms with Gasteiger partial charge in [-0.25, -0.2) is 4.79 Å². The van der Waals surface area contributed by atoms with Gasteiger partial charge in [0, 0.05) is 13.1 Å². The molecular weight excluding hydrogens is 258 g/mol. The number of carbonyl (C=O) groups is 2. The molecule has 0 spiro atoms. The maximum absolute atomic E-state index is 12.0. The fourth-order valence-corrected chi connectivity index (χ4v) is 2.50. The second-order valence-electron chi connectivity index (χ2n) is 5.80. The number of likely N-dealkylation sites (tertiary alicyclic amines) is 1. The predicted molar refractivity (Wildman–Crippen MR) is 73.1 cm³/mol. The summed E-state index contributed by atoms with van der Waals surface area (Å²) < 4.78 is 5.23. The highest BCUT2D eigenvalue weighted by Gasteiger charge is 2.45. The summed E-state index contributed by atoms with van der Waals surface area (Å²) in [6, 6.07) is 9.40. The maximum atomic E-state index is 12.0. The van der Waals surface area contributed by atoms with Gasteiger partial charge in [-0.3, -0.25) is 4.79 Å². The van der Waals surface area contributed by atoms with Crippen molar-refractivity contribution >= 4 is 12.1 Å². The van der Waals surface area contributed by atoms with Gasteiger partial charge in [0.05, 0.1) is 5.92 Å². The molecule has 0 aliphatic carbocycles. The topological polar surface area (TPSA) is 66.8 Å². The SMILES string of the molecule is CC1(C)CN(C(=O)OCc2ccccc2)C[C@@H]1C(=O)O. The van der Waals surface area contributed by atoms with Crippen molar-refractivity contribution in [2.24, 2.45) is 11.3 Å². The number of nitrogens with zero attached hydrogens (tertiary/aromatic N) is 1. The Bertz CT molecular complexity index is 498. The highest BCUT2D eigenvalue weighted by Crippen LogP contribution is 2.35. The lowest BCUT2D eigenvalue weighted by Gasteiger charge is -2.21. The van der Waals surface area contributed by atoms with Gasteiger partial charge in [-0.1, -0.05) is 44.2 Å². The van der Waals surface area contributed by atoms with Crippen molar-refractivity contribution in [2.75, 3.05) is 13.1 Å². The summed E-state index contributed by atoms with van der Waals surface area (Å²) in [5.41, 5.74) is 0.478. The van der Waals surface area contributed by atoms with Crippen LogP contribution in [-0.4, -0.2) is 35.2 Å². The van der Waals surface area contributed by atoms with E-state index < -0.39 is 23.4 Å². The van der Waals surface area contributed by atoms with Gasteiger partial charge in [0.2, 0.25) is 0 Å². The lowest BCUT2D eigenvalue weighted by molar-refractivity contribution is -0.143. The molecule has 0 saturated carbocycles. The first-order chi connectivity index (χ1) is 9.40. The van der Waals surface area contributed by atoms with Crippen LogP contribution in [0.5, 0.6) is 0 Å².